The second-order valence-corrected chi connectivity index (χ2v) is 11.9. The molecule has 1 atom stereocenters. The lowest BCUT2D eigenvalue weighted by atomic mass is 9.89. The molecule has 4 heteroatoms. The zero-order chi connectivity index (χ0) is 29.9. The van der Waals surface area contributed by atoms with Crippen molar-refractivity contribution in [3.8, 4) is 0 Å². The van der Waals surface area contributed by atoms with E-state index in [1.807, 2.05) is 19.9 Å². The third-order valence-corrected chi connectivity index (χ3v) is 8.28. The molecule has 4 nitrogen and oxygen atoms in total. The van der Waals surface area contributed by atoms with Gasteiger partial charge in [0.25, 0.3) is 0 Å². The van der Waals surface area contributed by atoms with Crippen LogP contribution in [0.25, 0.3) is 5.57 Å². The van der Waals surface area contributed by atoms with Gasteiger partial charge >= 0.3 is 0 Å². The molecule has 1 N–H and O–H groups in total. The minimum absolute atomic E-state index is 0.0150. The highest BCUT2D eigenvalue weighted by molar-refractivity contribution is 5.92. The van der Waals surface area contributed by atoms with Gasteiger partial charge in [-0.1, -0.05) is 99.1 Å². The van der Waals surface area contributed by atoms with Crippen LogP contribution in [0, 0.1) is 12.8 Å². The number of rotatable bonds is 12. The molecular formula is C38H48N2O2. The largest absolute Gasteiger partial charge is 0.490 e. The Kier molecular flexibility index (Phi) is 11.6. The van der Waals surface area contributed by atoms with Crippen LogP contribution in [0.2, 0.25) is 0 Å². The fourth-order valence-electron chi connectivity index (χ4n) is 5.46. The summed E-state index contributed by atoms with van der Waals surface area (Å²) >= 11 is 0. The molecule has 1 saturated heterocycles. The summed E-state index contributed by atoms with van der Waals surface area (Å²) in [5.41, 5.74) is 7.19. The van der Waals surface area contributed by atoms with E-state index in [1.165, 1.54) is 27.8 Å². The van der Waals surface area contributed by atoms with Gasteiger partial charge < -0.3 is 15.0 Å². The Hall–Kier alpha value is -3.63. The average molecular weight is 565 g/mol. The number of benzene rings is 3. The monoisotopic (exact) mass is 564 g/mol. The molecule has 1 aliphatic rings. The Morgan fingerprint density at radius 3 is 2.36 bits per heavy atom. The lowest BCUT2D eigenvalue weighted by Gasteiger charge is -2.33. The Morgan fingerprint density at radius 2 is 1.69 bits per heavy atom. The summed E-state index contributed by atoms with van der Waals surface area (Å²) < 4.78 is 6.71. The third kappa shape index (κ3) is 9.19. The molecule has 0 spiro atoms. The zero-order valence-electron chi connectivity index (χ0n) is 26.1. The highest BCUT2D eigenvalue weighted by Crippen LogP contribution is 2.32. The number of ether oxygens (including phenoxy) is 1. The van der Waals surface area contributed by atoms with Crippen molar-refractivity contribution in [2.75, 3.05) is 25.0 Å². The van der Waals surface area contributed by atoms with Crippen LogP contribution in [0.5, 0.6) is 0 Å². The predicted octanol–water partition coefficient (Wildman–Crippen LogP) is 9.31. The van der Waals surface area contributed by atoms with Crippen LogP contribution in [0.1, 0.15) is 87.7 Å². The number of hydrogen-bond donors (Lipinski definition) is 1. The maximum Gasteiger partial charge on any atom is 0.226 e. The van der Waals surface area contributed by atoms with E-state index < -0.39 is 0 Å². The maximum absolute atomic E-state index is 12.2. The number of nitrogens with zero attached hydrogens (tertiary/aromatic N) is 1. The van der Waals surface area contributed by atoms with E-state index in [0.29, 0.717) is 5.92 Å². The van der Waals surface area contributed by atoms with Crippen molar-refractivity contribution in [2.24, 2.45) is 5.92 Å². The fourth-order valence-corrected chi connectivity index (χ4v) is 5.46. The summed E-state index contributed by atoms with van der Waals surface area (Å²) in [6, 6.07) is 27.7. The average Bonchev–Trinajstić information content (AvgIpc) is 3.02. The summed E-state index contributed by atoms with van der Waals surface area (Å²) in [4.78, 5) is 14.7. The quantitative estimate of drug-likeness (QED) is 0.176. The van der Waals surface area contributed by atoms with Crippen LogP contribution in [0.3, 0.4) is 0 Å². The first-order valence-electron chi connectivity index (χ1n) is 15.6. The standard InChI is InChI=1S/C38H48N2O2/c1-6-36(20-17-30(5)31-11-8-7-9-12-31)42-37(33-18-15-29(4)16-19-33)23-26-40-24-21-32(22-25-40)34-13-10-14-35(27-34)39-38(41)28(2)3/h7-20,27-28,32,37H,6,21-26H2,1-5H3,(H,39,41)/b30-17+,36-20+. The van der Waals surface area contributed by atoms with Crippen LogP contribution in [-0.4, -0.2) is 30.4 Å². The predicted molar refractivity (Wildman–Crippen MR) is 176 cm³/mol. The van der Waals surface area contributed by atoms with Crippen molar-refractivity contribution in [3.63, 3.8) is 0 Å². The first-order chi connectivity index (χ1) is 20.3. The topological polar surface area (TPSA) is 41.6 Å². The van der Waals surface area contributed by atoms with Crippen molar-refractivity contribution in [2.45, 2.75) is 72.3 Å². The minimum atomic E-state index is -0.0247. The van der Waals surface area contributed by atoms with E-state index in [4.69, 9.17) is 4.74 Å². The van der Waals surface area contributed by atoms with Crippen molar-refractivity contribution >= 4 is 17.2 Å². The van der Waals surface area contributed by atoms with Crippen LogP contribution < -0.4 is 5.32 Å². The van der Waals surface area contributed by atoms with E-state index in [9.17, 15) is 4.79 Å². The lowest BCUT2D eigenvalue weighted by molar-refractivity contribution is -0.118. The molecule has 3 aromatic carbocycles. The summed E-state index contributed by atoms with van der Waals surface area (Å²) in [6.07, 6.45) is 8.39. The molecule has 42 heavy (non-hydrogen) atoms. The second kappa shape index (κ2) is 15.6. The number of amides is 1. The van der Waals surface area contributed by atoms with Crippen LogP contribution in [-0.2, 0) is 9.53 Å². The number of allylic oxidation sites excluding steroid dienone is 4. The van der Waals surface area contributed by atoms with Crippen molar-refractivity contribution in [3.05, 3.63) is 119 Å². The summed E-state index contributed by atoms with van der Waals surface area (Å²) in [5.74, 6) is 1.58. The zero-order valence-corrected chi connectivity index (χ0v) is 26.1. The molecule has 4 rings (SSSR count). The van der Waals surface area contributed by atoms with Gasteiger partial charge in [-0.15, -0.1) is 0 Å². The maximum atomic E-state index is 12.2. The Labute approximate surface area is 253 Å². The van der Waals surface area contributed by atoms with Gasteiger partial charge in [0, 0.05) is 31.0 Å². The number of carbonyl (C=O) groups is 1. The van der Waals surface area contributed by atoms with Gasteiger partial charge in [0.1, 0.15) is 6.10 Å². The number of piperidine rings is 1. The normalized spacial score (nSPS) is 16.0. The van der Waals surface area contributed by atoms with E-state index in [2.05, 4.69) is 116 Å². The highest BCUT2D eigenvalue weighted by Gasteiger charge is 2.23. The molecule has 1 unspecified atom stereocenters. The summed E-state index contributed by atoms with van der Waals surface area (Å²) in [7, 11) is 0. The molecule has 3 aromatic rings. The molecule has 0 saturated carbocycles. The molecule has 0 aliphatic carbocycles. The van der Waals surface area contributed by atoms with Crippen molar-refractivity contribution in [1.29, 1.82) is 0 Å². The molecular weight excluding hydrogens is 516 g/mol. The molecule has 1 fully saturated rings. The number of likely N-dealkylation sites (tertiary alicyclic amines) is 1. The minimum Gasteiger partial charge on any atom is -0.490 e. The number of carbonyl (C=O) groups excluding carboxylic acids is 1. The molecule has 1 aliphatic heterocycles. The van der Waals surface area contributed by atoms with Crippen molar-refractivity contribution in [1.82, 2.24) is 4.90 Å². The first kappa shape index (κ1) is 31.3. The van der Waals surface area contributed by atoms with E-state index >= 15 is 0 Å². The number of aryl methyl sites for hydroxylation is 1. The third-order valence-electron chi connectivity index (χ3n) is 8.28. The van der Waals surface area contributed by atoms with Crippen LogP contribution in [0.15, 0.2) is 96.8 Å². The number of nitrogens with one attached hydrogen (secondary N) is 1. The van der Waals surface area contributed by atoms with Crippen molar-refractivity contribution < 1.29 is 9.53 Å². The molecule has 1 amide bonds. The first-order valence-corrected chi connectivity index (χ1v) is 15.6. The fraction of sp³-hybridized carbons (Fsp3) is 0.395. The highest BCUT2D eigenvalue weighted by atomic mass is 16.5. The second-order valence-electron chi connectivity index (χ2n) is 11.9. The molecule has 0 radical (unpaired) electrons. The molecule has 222 valence electrons. The molecule has 0 aromatic heterocycles. The van der Waals surface area contributed by atoms with Gasteiger partial charge in [0.05, 0.1) is 5.76 Å². The number of hydrogen-bond acceptors (Lipinski definition) is 3. The SMILES string of the molecule is CC/C(=C\C=C(/C)c1ccccc1)OC(CCN1CCC(c2cccc(NC(=O)C(C)C)c2)CC1)c1ccc(C)cc1. The van der Waals surface area contributed by atoms with Gasteiger partial charge in [0.2, 0.25) is 5.91 Å². The molecule has 0 bridgehead atoms. The number of anilines is 1. The van der Waals surface area contributed by atoms with Gasteiger partial charge in [-0.05, 0) is 86.2 Å². The Morgan fingerprint density at radius 1 is 0.976 bits per heavy atom. The van der Waals surface area contributed by atoms with Crippen LogP contribution in [0.4, 0.5) is 5.69 Å². The Bertz CT molecular complexity index is 1330. The van der Waals surface area contributed by atoms with Gasteiger partial charge in [0.15, 0.2) is 0 Å². The summed E-state index contributed by atoms with van der Waals surface area (Å²) in [5, 5.41) is 3.05. The smallest absolute Gasteiger partial charge is 0.226 e. The lowest BCUT2D eigenvalue weighted by Crippen LogP contribution is -2.34. The molecule has 1 heterocycles. The van der Waals surface area contributed by atoms with E-state index in [0.717, 1.165) is 56.8 Å². The van der Waals surface area contributed by atoms with Gasteiger partial charge in [-0.25, -0.2) is 0 Å². The Balaban J connectivity index is 1.38. The van der Waals surface area contributed by atoms with E-state index in [-0.39, 0.29) is 17.9 Å². The van der Waals surface area contributed by atoms with E-state index in [1.54, 1.807) is 0 Å². The summed E-state index contributed by atoms with van der Waals surface area (Å²) in [6.45, 7) is 13.4. The van der Waals surface area contributed by atoms with Gasteiger partial charge in [-0.3, -0.25) is 4.79 Å². The van der Waals surface area contributed by atoms with Crippen LogP contribution >= 0.6 is 0 Å². The van der Waals surface area contributed by atoms with Gasteiger partial charge in [-0.2, -0.15) is 0 Å².